The van der Waals surface area contributed by atoms with Crippen molar-refractivity contribution >= 4 is 17.0 Å². The number of carbonyl (C=O) groups is 1. The van der Waals surface area contributed by atoms with Crippen LogP contribution in [0, 0.1) is 0 Å². The van der Waals surface area contributed by atoms with Crippen molar-refractivity contribution in [2.75, 3.05) is 26.2 Å². The van der Waals surface area contributed by atoms with Crippen LogP contribution in [-0.2, 0) is 26.7 Å². The fraction of sp³-hybridized carbons (Fsp3) is 0.308. The van der Waals surface area contributed by atoms with E-state index in [4.69, 9.17) is 14.1 Å². The minimum absolute atomic E-state index is 0.281. The number of aromatic carboxylic acids is 1. The molecule has 176 valence electrons. The van der Waals surface area contributed by atoms with Gasteiger partial charge in [0.2, 0.25) is 0 Å². The number of piperazine rings is 1. The Morgan fingerprint density at radius 1 is 0.971 bits per heavy atom. The van der Waals surface area contributed by atoms with Gasteiger partial charge in [0, 0.05) is 33.2 Å². The molecular formula is C26H28N4O4. The predicted octanol–water partition coefficient (Wildman–Crippen LogP) is 3.76. The van der Waals surface area contributed by atoms with Crippen LogP contribution in [0.1, 0.15) is 27.7 Å². The highest BCUT2D eigenvalue weighted by atomic mass is 16.5. The quantitative estimate of drug-likeness (QED) is 0.429. The maximum Gasteiger partial charge on any atom is 0.335 e. The molecule has 0 radical (unpaired) electrons. The fourth-order valence-electron chi connectivity index (χ4n) is 4.30. The van der Waals surface area contributed by atoms with Crippen molar-refractivity contribution in [2.24, 2.45) is 7.05 Å². The number of imidazole rings is 1. The average Bonchev–Trinajstić information content (AvgIpc) is 3.43. The zero-order valence-corrected chi connectivity index (χ0v) is 19.2. The largest absolute Gasteiger partial charge is 0.486 e. The number of rotatable bonds is 8. The first-order valence-electron chi connectivity index (χ1n) is 11.4. The van der Waals surface area contributed by atoms with E-state index in [1.807, 2.05) is 54.1 Å². The molecule has 0 saturated carbocycles. The van der Waals surface area contributed by atoms with Gasteiger partial charge in [0.15, 0.2) is 0 Å². The number of fused-ring (bicyclic) bond motifs is 1. The number of carboxylic acids is 1. The van der Waals surface area contributed by atoms with E-state index < -0.39 is 5.97 Å². The van der Waals surface area contributed by atoms with Crippen LogP contribution in [0.3, 0.4) is 0 Å². The molecule has 0 amide bonds. The number of aryl methyl sites for hydroxylation is 1. The lowest BCUT2D eigenvalue weighted by atomic mass is 10.2. The first-order chi connectivity index (χ1) is 16.5. The molecule has 1 N–H and O–H groups in total. The Morgan fingerprint density at radius 3 is 2.41 bits per heavy atom. The van der Waals surface area contributed by atoms with Gasteiger partial charge in [-0.25, -0.2) is 9.78 Å². The van der Waals surface area contributed by atoms with E-state index >= 15 is 0 Å². The molecule has 2 aromatic heterocycles. The molecule has 1 aliphatic heterocycles. The topological polar surface area (TPSA) is 84.0 Å². The van der Waals surface area contributed by atoms with E-state index in [1.165, 1.54) is 0 Å². The second-order valence-electron chi connectivity index (χ2n) is 8.62. The summed E-state index contributed by atoms with van der Waals surface area (Å²) in [5, 5.41) is 9.25. The molecule has 1 fully saturated rings. The Hall–Kier alpha value is -3.62. The fourth-order valence-corrected chi connectivity index (χ4v) is 4.30. The Balaban J connectivity index is 1.13. The summed E-state index contributed by atoms with van der Waals surface area (Å²) < 4.78 is 13.7. The van der Waals surface area contributed by atoms with Crippen LogP contribution in [-0.4, -0.2) is 56.6 Å². The normalized spacial score (nSPS) is 15.1. The van der Waals surface area contributed by atoms with Crippen LogP contribution in [0.15, 0.2) is 65.1 Å². The third-order valence-corrected chi connectivity index (χ3v) is 6.27. The maximum absolute atomic E-state index is 11.3. The molecule has 0 spiro atoms. The Morgan fingerprint density at radius 2 is 1.68 bits per heavy atom. The number of furan rings is 1. The minimum Gasteiger partial charge on any atom is -0.486 e. The molecule has 8 nitrogen and oxygen atoms in total. The molecule has 1 saturated heterocycles. The number of hydrogen-bond acceptors (Lipinski definition) is 6. The smallest absolute Gasteiger partial charge is 0.335 e. The third kappa shape index (κ3) is 4.98. The zero-order valence-electron chi connectivity index (χ0n) is 19.2. The van der Waals surface area contributed by atoms with Crippen LogP contribution >= 0.6 is 0 Å². The van der Waals surface area contributed by atoms with Gasteiger partial charge in [-0.3, -0.25) is 9.80 Å². The molecule has 2 aromatic carbocycles. The summed E-state index contributed by atoms with van der Waals surface area (Å²) in [6.07, 6.45) is 0. The number of benzene rings is 2. The molecule has 0 unspecified atom stereocenters. The van der Waals surface area contributed by atoms with Gasteiger partial charge < -0.3 is 18.8 Å². The first-order valence-corrected chi connectivity index (χ1v) is 11.4. The van der Waals surface area contributed by atoms with Crippen LogP contribution in [0.4, 0.5) is 0 Å². The van der Waals surface area contributed by atoms with Gasteiger partial charge in [-0.05, 0) is 42.5 Å². The summed E-state index contributed by atoms with van der Waals surface area (Å²) in [6, 6.07) is 18.8. The number of hydrogen-bond donors (Lipinski definition) is 1. The van der Waals surface area contributed by atoms with Crippen LogP contribution in [0.5, 0.6) is 5.75 Å². The number of nitrogens with zero attached hydrogens (tertiary/aromatic N) is 4. The molecule has 0 atom stereocenters. The highest BCUT2D eigenvalue weighted by molar-refractivity contribution is 5.92. The van der Waals surface area contributed by atoms with Crippen molar-refractivity contribution in [3.63, 3.8) is 0 Å². The van der Waals surface area contributed by atoms with Crippen LogP contribution in [0.25, 0.3) is 11.0 Å². The van der Waals surface area contributed by atoms with Crippen molar-refractivity contribution in [3.8, 4) is 5.75 Å². The van der Waals surface area contributed by atoms with Crippen molar-refractivity contribution in [3.05, 3.63) is 83.6 Å². The molecule has 3 heterocycles. The average molecular weight is 461 g/mol. The van der Waals surface area contributed by atoms with Crippen molar-refractivity contribution in [2.45, 2.75) is 19.7 Å². The summed E-state index contributed by atoms with van der Waals surface area (Å²) >= 11 is 0. The van der Waals surface area contributed by atoms with Crippen molar-refractivity contribution in [1.29, 1.82) is 0 Å². The SMILES string of the molecule is Cn1c(CN2CCN(Cc3ccc(COc4ccccc4)o3)CC2)nc2ccc(C(=O)O)cc21. The highest BCUT2D eigenvalue weighted by Crippen LogP contribution is 2.20. The summed E-state index contributed by atoms with van der Waals surface area (Å²) in [4.78, 5) is 20.8. The summed E-state index contributed by atoms with van der Waals surface area (Å²) in [5.41, 5.74) is 1.95. The maximum atomic E-state index is 11.3. The van der Waals surface area contributed by atoms with Gasteiger partial charge in [0.25, 0.3) is 0 Å². The number of para-hydroxylation sites is 1. The van der Waals surface area contributed by atoms with Gasteiger partial charge in [-0.2, -0.15) is 0 Å². The van der Waals surface area contributed by atoms with Gasteiger partial charge in [0.05, 0.1) is 29.7 Å². The second kappa shape index (κ2) is 9.70. The number of aromatic nitrogens is 2. The van der Waals surface area contributed by atoms with Gasteiger partial charge in [-0.15, -0.1) is 0 Å². The summed E-state index contributed by atoms with van der Waals surface area (Å²) in [7, 11) is 1.95. The molecule has 8 heteroatoms. The number of carboxylic acid groups (broad SMARTS) is 1. The van der Waals surface area contributed by atoms with E-state index in [1.54, 1.807) is 18.2 Å². The molecular weight excluding hydrogens is 432 g/mol. The third-order valence-electron chi connectivity index (χ3n) is 6.27. The van der Waals surface area contributed by atoms with Crippen molar-refractivity contribution < 1.29 is 19.1 Å². The molecule has 4 aromatic rings. The Labute approximate surface area is 198 Å². The molecule has 0 aliphatic carbocycles. The highest BCUT2D eigenvalue weighted by Gasteiger charge is 2.20. The Bertz CT molecular complexity index is 1270. The van der Waals surface area contributed by atoms with Gasteiger partial charge >= 0.3 is 5.97 Å². The zero-order chi connectivity index (χ0) is 23.5. The predicted molar refractivity (Wildman–Crippen MR) is 128 cm³/mol. The van der Waals surface area contributed by atoms with E-state index in [9.17, 15) is 9.90 Å². The monoisotopic (exact) mass is 460 g/mol. The molecule has 5 rings (SSSR count). The second-order valence-corrected chi connectivity index (χ2v) is 8.62. The molecule has 1 aliphatic rings. The van der Waals surface area contributed by atoms with Crippen molar-refractivity contribution in [1.82, 2.24) is 19.4 Å². The van der Waals surface area contributed by atoms with E-state index in [2.05, 4.69) is 9.80 Å². The standard InChI is InChI=1S/C26H28N4O4/c1-28-24-15-19(26(31)32)7-10-23(24)27-25(28)17-30-13-11-29(12-14-30)16-21-8-9-22(34-21)18-33-20-5-3-2-4-6-20/h2-10,15H,11-14,16-18H2,1H3,(H,31,32). The first kappa shape index (κ1) is 22.2. The lowest BCUT2D eigenvalue weighted by molar-refractivity contribution is 0.0697. The summed E-state index contributed by atoms with van der Waals surface area (Å²) in [6.45, 7) is 5.71. The van der Waals surface area contributed by atoms with Crippen LogP contribution < -0.4 is 4.74 Å². The molecule has 34 heavy (non-hydrogen) atoms. The number of ether oxygens (including phenoxy) is 1. The van der Waals surface area contributed by atoms with E-state index in [0.29, 0.717) is 6.61 Å². The van der Waals surface area contributed by atoms with Gasteiger partial charge in [0.1, 0.15) is 29.7 Å². The molecule has 0 bridgehead atoms. The summed E-state index contributed by atoms with van der Waals surface area (Å²) in [5.74, 6) is 2.63. The van der Waals surface area contributed by atoms with E-state index in [-0.39, 0.29) is 5.56 Å². The minimum atomic E-state index is -0.923. The Kier molecular flexibility index (Phi) is 6.33. The lowest BCUT2D eigenvalue weighted by Gasteiger charge is -2.33. The lowest BCUT2D eigenvalue weighted by Crippen LogP contribution is -2.45. The van der Waals surface area contributed by atoms with Crippen LogP contribution in [0.2, 0.25) is 0 Å². The van der Waals surface area contributed by atoms with Gasteiger partial charge in [-0.1, -0.05) is 18.2 Å². The van der Waals surface area contributed by atoms with E-state index in [0.717, 1.165) is 73.4 Å².